The maximum atomic E-state index is 6.39. The predicted octanol–water partition coefficient (Wildman–Crippen LogP) is 7.08. The molecule has 0 spiro atoms. The van der Waals surface area contributed by atoms with Gasteiger partial charge in [0.2, 0.25) is 5.75 Å². The first kappa shape index (κ1) is 20.8. The zero-order valence-electron chi connectivity index (χ0n) is 17.0. The Morgan fingerprint density at radius 3 is 1.23 bits per heavy atom. The third kappa shape index (κ3) is 6.03. The van der Waals surface area contributed by atoms with Crippen LogP contribution < -0.4 is 14.2 Å². The molecule has 0 N–H and O–H groups in total. The van der Waals surface area contributed by atoms with E-state index in [9.17, 15) is 0 Å². The van der Waals surface area contributed by atoms with E-state index < -0.39 is 0 Å². The lowest BCUT2D eigenvalue weighted by molar-refractivity contribution is 0.230. The van der Waals surface area contributed by atoms with Gasteiger partial charge in [-0.25, -0.2) is 0 Å². The topological polar surface area (TPSA) is 27.7 Å². The van der Waals surface area contributed by atoms with E-state index >= 15 is 0 Å². The smallest absolute Gasteiger partial charge is 0.204 e. The van der Waals surface area contributed by atoms with E-state index in [-0.39, 0.29) is 0 Å². The molecule has 0 radical (unpaired) electrons. The minimum Gasteiger partial charge on any atom is -0.485 e. The fourth-order valence-electron chi connectivity index (χ4n) is 3.10. The summed E-state index contributed by atoms with van der Waals surface area (Å²) in [4.78, 5) is 0. The molecule has 0 heterocycles. The maximum absolute atomic E-state index is 6.39. The Morgan fingerprint density at radius 1 is 0.484 bits per heavy atom. The van der Waals surface area contributed by atoms with Crippen molar-refractivity contribution in [2.24, 2.45) is 0 Å². The molecule has 0 aliphatic carbocycles. The molecule has 4 aromatic carbocycles. The lowest BCUT2D eigenvalue weighted by Crippen LogP contribution is -2.04. The van der Waals surface area contributed by atoms with Gasteiger partial charge in [0.1, 0.15) is 19.8 Å². The van der Waals surface area contributed by atoms with Crippen LogP contribution in [0.4, 0.5) is 0 Å². The number of halogens is 1. The van der Waals surface area contributed by atoms with Crippen LogP contribution in [0.15, 0.2) is 103 Å². The number of hydrogen-bond acceptors (Lipinski definition) is 3. The van der Waals surface area contributed by atoms with E-state index in [0.717, 1.165) is 16.7 Å². The molecule has 4 rings (SSSR count). The Balaban J connectivity index is 1.58. The first-order valence-corrected chi connectivity index (χ1v) is 10.5. The van der Waals surface area contributed by atoms with Crippen LogP contribution in [0.2, 0.25) is 5.02 Å². The first-order valence-electron chi connectivity index (χ1n) is 10.1. The van der Waals surface area contributed by atoms with Crippen LogP contribution in [0.3, 0.4) is 0 Å². The highest BCUT2D eigenvalue weighted by Crippen LogP contribution is 2.41. The molecule has 0 saturated heterocycles. The van der Waals surface area contributed by atoms with Gasteiger partial charge in [0.25, 0.3) is 0 Å². The number of hydrogen-bond donors (Lipinski definition) is 0. The number of rotatable bonds is 9. The van der Waals surface area contributed by atoms with Gasteiger partial charge in [-0.05, 0) is 16.7 Å². The predicted molar refractivity (Wildman–Crippen MR) is 124 cm³/mol. The van der Waals surface area contributed by atoms with Gasteiger partial charge in [-0.3, -0.25) is 0 Å². The quantitative estimate of drug-likeness (QED) is 0.284. The molecule has 4 aromatic rings. The summed E-state index contributed by atoms with van der Waals surface area (Å²) in [5, 5.41) is 0.526. The molecular weight excluding hydrogens is 408 g/mol. The van der Waals surface area contributed by atoms with E-state index in [2.05, 4.69) is 0 Å². The molecule has 0 aromatic heterocycles. The van der Waals surface area contributed by atoms with Crippen molar-refractivity contribution in [2.75, 3.05) is 0 Å². The maximum Gasteiger partial charge on any atom is 0.204 e. The van der Waals surface area contributed by atoms with Gasteiger partial charge < -0.3 is 14.2 Å². The average molecular weight is 431 g/mol. The van der Waals surface area contributed by atoms with E-state index in [1.54, 1.807) is 12.1 Å². The fourth-order valence-corrected chi connectivity index (χ4v) is 3.30. The molecule has 31 heavy (non-hydrogen) atoms. The normalized spacial score (nSPS) is 10.5. The van der Waals surface area contributed by atoms with Gasteiger partial charge in [0.15, 0.2) is 11.5 Å². The Bertz CT molecular complexity index is 1020. The van der Waals surface area contributed by atoms with Gasteiger partial charge in [0.05, 0.1) is 0 Å². The van der Waals surface area contributed by atoms with Crippen LogP contribution in [0, 0.1) is 0 Å². The lowest BCUT2D eigenvalue weighted by atomic mass is 10.2. The van der Waals surface area contributed by atoms with Gasteiger partial charge >= 0.3 is 0 Å². The number of benzene rings is 4. The monoisotopic (exact) mass is 430 g/mol. The van der Waals surface area contributed by atoms with Crippen molar-refractivity contribution in [3.63, 3.8) is 0 Å². The van der Waals surface area contributed by atoms with Crippen molar-refractivity contribution in [2.45, 2.75) is 19.8 Å². The molecule has 3 nitrogen and oxygen atoms in total. The van der Waals surface area contributed by atoms with E-state index in [0.29, 0.717) is 42.1 Å². The molecule has 0 fully saturated rings. The van der Waals surface area contributed by atoms with Crippen LogP contribution in [0.25, 0.3) is 0 Å². The summed E-state index contributed by atoms with van der Waals surface area (Å²) in [6.45, 7) is 1.20. The third-order valence-corrected chi connectivity index (χ3v) is 4.90. The molecule has 0 saturated carbocycles. The molecular formula is C27H23ClO3. The molecule has 4 heteroatoms. The summed E-state index contributed by atoms with van der Waals surface area (Å²) in [5.74, 6) is 1.64. The summed E-state index contributed by atoms with van der Waals surface area (Å²) in [6, 6.07) is 33.5. The van der Waals surface area contributed by atoms with Crippen LogP contribution in [-0.2, 0) is 19.8 Å². The summed E-state index contributed by atoms with van der Waals surface area (Å²) in [6.07, 6.45) is 0. The SMILES string of the molecule is Clc1cc(OCc2ccccc2)c(OCc2ccccc2)c(OCc2ccccc2)c1. The van der Waals surface area contributed by atoms with E-state index in [1.165, 1.54) is 0 Å². The summed E-state index contributed by atoms with van der Waals surface area (Å²) < 4.78 is 18.4. The largest absolute Gasteiger partial charge is 0.485 e. The Labute approximate surface area is 187 Å². The van der Waals surface area contributed by atoms with Gasteiger partial charge in [-0.1, -0.05) is 103 Å². The minimum atomic E-state index is 0.395. The minimum absolute atomic E-state index is 0.395. The Hall–Kier alpha value is -3.43. The molecule has 0 aliphatic rings. The summed E-state index contributed by atoms with van der Waals surface area (Å²) >= 11 is 6.39. The molecule has 0 unspecified atom stereocenters. The van der Waals surface area contributed by atoms with Crippen LogP contribution in [0.1, 0.15) is 16.7 Å². The van der Waals surface area contributed by atoms with E-state index in [4.69, 9.17) is 25.8 Å². The highest BCUT2D eigenvalue weighted by Gasteiger charge is 2.16. The number of ether oxygens (including phenoxy) is 3. The van der Waals surface area contributed by atoms with Gasteiger partial charge in [-0.2, -0.15) is 0 Å². The standard InChI is InChI=1S/C27H23ClO3/c28-24-16-25(29-18-21-10-4-1-5-11-21)27(31-20-23-14-8-3-9-15-23)26(17-24)30-19-22-12-6-2-7-13-22/h1-17H,18-20H2. The van der Waals surface area contributed by atoms with Crippen molar-refractivity contribution >= 4 is 11.6 Å². The van der Waals surface area contributed by atoms with Gasteiger partial charge in [-0.15, -0.1) is 0 Å². The zero-order valence-corrected chi connectivity index (χ0v) is 17.8. The van der Waals surface area contributed by atoms with Crippen LogP contribution >= 0.6 is 11.6 Å². The van der Waals surface area contributed by atoms with Crippen molar-refractivity contribution < 1.29 is 14.2 Å². The first-order chi connectivity index (χ1) is 15.3. The second-order valence-corrected chi connectivity index (χ2v) is 7.49. The summed E-state index contributed by atoms with van der Waals surface area (Å²) in [7, 11) is 0. The summed E-state index contributed by atoms with van der Waals surface area (Å²) in [5.41, 5.74) is 3.17. The van der Waals surface area contributed by atoms with E-state index in [1.807, 2.05) is 91.0 Å². The molecule has 0 atom stereocenters. The van der Waals surface area contributed by atoms with Crippen molar-refractivity contribution in [3.05, 3.63) is 125 Å². The lowest BCUT2D eigenvalue weighted by Gasteiger charge is -2.18. The Kier molecular flexibility index (Phi) is 7.09. The Morgan fingerprint density at radius 2 is 0.839 bits per heavy atom. The van der Waals surface area contributed by atoms with Crippen molar-refractivity contribution in [3.8, 4) is 17.2 Å². The zero-order chi connectivity index (χ0) is 21.3. The van der Waals surface area contributed by atoms with Gasteiger partial charge in [0, 0.05) is 17.2 Å². The third-order valence-electron chi connectivity index (χ3n) is 4.69. The molecule has 156 valence electrons. The average Bonchev–Trinajstić information content (AvgIpc) is 2.82. The second kappa shape index (κ2) is 10.6. The fraction of sp³-hybridized carbons (Fsp3) is 0.111. The highest BCUT2D eigenvalue weighted by atomic mass is 35.5. The molecule has 0 amide bonds. The van der Waals surface area contributed by atoms with Crippen LogP contribution in [0.5, 0.6) is 17.2 Å². The van der Waals surface area contributed by atoms with Crippen LogP contribution in [-0.4, -0.2) is 0 Å². The molecule has 0 aliphatic heterocycles. The highest BCUT2D eigenvalue weighted by molar-refractivity contribution is 6.31. The second-order valence-electron chi connectivity index (χ2n) is 7.05. The van der Waals surface area contributed by atoms with Crippen molar-refractivity contribution in [1.82, 2.24) is 0 Å². The molecule has 0 bridgehead atoms. The van der Waals surface area contributed by atoms with Crippen molar-refractivity contribution in [1.29, 1.82) is 0 Å².